The molecule has 2 aromatic rings. The smallest absolute Gasteiger partial charge is 0.0712 e. The van der Waals surface area contributed by atoms with Gasteiger partial charge in [0.15, 0.2) is 0 Å². The SMILES string of the molecule is S=P(Br)(c1ccccc1)c1ccccc1. The number of rotatable bonds is 2. The van der Waals surface area contributed by atoms with Gasteiger partial charge >= 0.3 is 0 Å². The summed E-state index contributed by atoms with van der Waals surface area (Å²) in [7, 11) is 0. The van der Waals surface area contributed by atoms with Crippen LogP contribution >= 0.6 is 20.2 Å². The molecule has 0 aliphatic carbocycles. The number of hydrogen-bond acceptors (Lipinski definition) is 1. The van der Waals surface area contributed by atoms with Crippen LogP contribution in [0, 0.1) is 0 Å². The Balaban J connectivity index is 2.50. The lowest BCUT2D eigenvalue weighted by Crippen LogP contribution is -2.10. The first-order valence-electron chi connectivity index (χ1n) is 4.62. The molecule has 76 valence electrons. The molecule has 0 bridgehead atoms. The Hall–Kier alpha value is -0.430. The Morgan fingerprint density at radius 2 is 1.07 bits per heavy atom. The lowest BCUT2D eigenvalue weighted by Gasteiger charge is -2.15. The van der Waals surface area contributed by atoms with Crippen molar-refractivity contribution < 1.29 is 0 Å². The van der Waals surface area contributed by atoms with Crippen LogP contribution in [0.5, 0.6) is 0 Å². The topological polar surface area (TPSA) is 0 Å². The second-order valence-corrected chi connectivity index (χ2v) is 11.5. The van der Waals surface area contributed by atoms with Crippen molar-refractivity contribution in [3.63, 3.8) is 0 Å². The van der Waals surface area contributed by atoms with Crippen LogP contribution in [0.4, 0.5) is 0 Å². The molecular weight excluding hydrogens is 287 g/mol. The Bertz CT molecular complexity index is 438. The minimum Gasteiger partial charge on any atom is -0.0754 e. The van der Waals surface area contributed by atoms with Crippen LogP contribution in [0.25, 0.3) is 0 Å². The molecular formula is C12H10BrPS. The van der Waals surface area contributed by atoms with Gasteiger partial charge in [-0.25, -0.2) is 0 Å². The summed E-state index contributed by atoms with van der Waals surface area (Å²) in [4.78, 5) is 0. The molecule has 0 amide bonds. The molecule has 0 aromatic heterocycles. The van der Waals surface area contributed by atoms with E-state index in [2.05, 4.69) is 39.8 Å². The zero-order valence-corrected chi connectivity index (χ0v) is 11.3. The van der Waals surface area contributed by atoms with E-state index in [1.54, 1.807) is 0 Å². The van der Waals surface area contributed by atoms with Gasteiger partial charge in [-0.05, 0) is 26.1 Å². The van der Waals surface area contributed by atoms with Crippen molar-refractivity contribution >= 4 is 42.6 Å². The Labute approximate surface area is 103 Å². The third-order valence-electron chi connectivity index (χ3n) is 2.18. The van der Waals surface area contributed by atoms with E-state index in [-0.39, 0.29) is 0 Å². The van der Waals surface area contributed by atoms with Crippen LogP contribution in [-0.4, -0.2) is 0 Å². The van der Waals surface area contributed by atoms with E-state index in [1.807, 2.05) is 36.4 Å². The molecule has 0 atom stereocenters. The van der Waals surface area contributed by atoms with Crippen LogP contribution in [0.1, 0.15) is 0 Å². The van der Waals surface area contributed by atoms with Gasteiger partial charge in [-0.2, -0.15) is 0 Å². The molecule has 0 nitrogen and oxygen atoms in total. The van der Waals surface area contributed by atoms with Crippen molar-refractivity contribution in [3.05, 3.63) is 60.7 Å². The molecule has 0 fully saturated rings. The van der Waals surface area contributed by atoms with Crippen molar-refractivity contribution in [3.8, 4) is 0 Å². The molecule has 2 rings (SSSR count). The highest BCUT2D eigenvalue weighted by atomic mass is 79.9. The predicted molar refractivity (Wildman–Crippen MR) is 75.4 cm³/mol. The molecule has 0 aliphatic rings. The van der Waals surface area contributed by atoms with Crippen LogP contribution < -0.4 is 10.6 Å². The minimum absolute atomic E-state index is 1.20. The minimum atomic E-state index is -1.75. The molecule has 0 unspecified atom stereocenters. The third-order valence-corrected chi connectivity index (χ3v) is 7.82. The van der Waals surface area contributed by atoms with Gasteiger partial charge in [-0.1, -0.05) is 72.5 Å². The number of hydrogen-bond donors (Lipinski definition) is 0. The monoisotopic (exact) mass is 296 g/mol. The van der Waals surface area contributed by atoms with Gasteiger partial charge in [0.25, 0.3) is 0 Å². The van der Waals surface area contributed by atoms with E-state index in [1.165, 1.54) is 10.6 Å². The zero-order chi connectivity index (χ0) is 10.7. The van der Waals surface area contributed by atoms with Gasteiger partial charge in [0, 0.05) is 0 Å². The summed E-state index contributed by atoms with van der Waals surface area (Å²) in [5.74, 6) is 0. The summed E-state index contributed by atoms with van der Waals surface area (Å²) >= 11 is 9.43. The molecule has 2 aromatic carbocycles. The van der Waals surface area contributed by atoms with Crippen LogP contribution in [-0.2, 0) is 11.8 Å². The normalized spacial score (nSPS) is 11.3. The quantitative estimate of drug-likeness (QED) is 0.765. The van der Waals surface area contributed by atoms with E-state index in [9.17, 15) is 0 Å². The summed E-state index contributed by atoms with van der Waals surface area (Å²) in [6.45, 7) is 0. The van der Waals surface area contributed by atoms with Gasteiger partial charge in [-0.15, -0.1) is 0 Å². The van der Waals surface area contributed by atoms with E-state index in [0.717, 1.165) is 0 Å². The first-order valence-corrected chi connectivity index (χ1v) is 9.44. The van der Waals surface area contributed by atoms with Crippen LogP contribution in [0.3, 0.4) is 0 Å². The van der Waals surface area contributed by atoms with E-state index < -0.39 is 4.74 Å². The van der Waals surface area contributed by atoms with Gasteiger partial charge in [0.2, 0.25) is 0 Å². The number of benzene rings is 2. The summed E-state index contributed by atoms with van der Waals surface area (Å²) < 4.78 is -1.75. The van der Waals surface area contributed by atoms with Crippen molar-refractivity contribution in [1.82, 2.24) is 0 Å². The second-order valence-electron chi connectivity index (χ2n) is 3.20. The van der Waals surface area contributed by atoms with Crippen LogP contribution in [0.15, 0.2) is 60.7 Å². The first-order chi connectivity index (χ1) is 7.21. The molecule has 0 aliphatic heterocycles. The van der Waals surface area contributed by atoms with E-state index in [0.29, 0.717) is 0 Å². The average molecular weight is 297 g/mol. The highest BCUT2D eigenvalue weighted by Gasteiger charge is 2.17. The molecule has 0 spiro atoms. The fraction of sp³-hybridized carbons (Fsp3) is 0. The molecule has 0 N–H and O–H groups in total. The van der Waals surface area contributed by atoms with Gasteiger partial charge < -0.3 is 0 Å². The summed E-state index contributed by atoms with van der Waals surface area (Å²) in [6, 6.07) is 20.5. The third kappa shape index (κ3) is 2.39. The van der Waals surface area contributed by atoms with Gasteiger partial charge in [0.05, 0.1) is 4.74 Å². The largest absolute Gasteiger partial charge is 0.0754 e. The van der Waals surface area contributed by atoms with E-state index in [4.69, 9.17) is 11.8 Å². The van der Waals surface area contributed by atoms with E-state index >= 15 is 0 Å². The lowest BCUT2D eigenvalue weighted by atomic mass is 10.4. The molecule has 0 saturated heterocycles. The Morgan fingerprint density at radius 3 is 1.40 bits per heavy atom. The molecule has 3 heteroatoms. The maximum Gasteiger partial charge on any atom is 0.0712 e. The maximum atomic E-state index is 5.70. The van der Waals surface area contributed by atoms with Crippen molar-refractivity contribution in [1.29, 1.82) is 0 Å². The predicted octanol–water partition coefficient (Wildman–Crippen LogP) is 3.43. The lowest BCUT2D eigenvalue weighted by molar-refractivity contribution is 1.76. The molecule has 0 heterocycles. The molecule has 0 radical (unpaired) electrons. The first kappa shape index (κ1) is 11.1. The van der Waals surface area contributed by atoms with Crippen molar-refractivity contribution in [2.24, 2.45) is 0 Å². The molecule has 0 saturated carbocycles. The standard InChI is InChI=1S/C12H10BrPS/c13-14(15,11-7-3-1-4-8-11)12-9-5-2-6-10-12/h1-10H. The summed E-state index contributed by atoms with van der Waals surface area (Å²) in [5.41, 5.74) is 0. The summed E-state index contributed by atoms with van der Waals surface area (Å²) in [6.07, 6.45) is 0. The Kier molecular flexibility index (Phi) is 3.40. The van der Waals surface area contributed by atoms with Crippen LogP contribution in [0.2, 0.25) is 0 Å². The fourth-order valence-corrected chi connectivity index (χ4v) is 4.95. The fourth-order valence-electron chi connectivity index (χ4n) is 1.39. The Morgan fingerprint density at radius 1 is 0.733 bits per heavy atom. The number of halogens is 1. The van der Waals surface area contributed by atoms with Gasteiger partial charge in [-0.3, -0.25) is 0 Å². The second kappa shape index (κ2) is 4.61. The summed E-state index contributed by atoms with van der Waals surface area (Å²) in [5, 5.41) is 2.40. The molecule has 15 heavy (non-hydrogen) atoms. The highest BCUT2D eigenvalue weighted by molar-refractivity contribution is 9.45. The van der Waals surface area contributed by atoms with Gasteiger partial charge in [0.1, 0.15) is 0 Å². The zero-order valence-electron chi connectivity index (χ0n) is 8.01. The highest BCUT2D eigenvalue weighted by Crippen LogP contribution is 2.51. The van der Waals surface area contributed by atoms with Crippen molar-refractivity contribution in [2.45, 2.75) is 0 Å². The maximum absolute atomic E-state index is 5.70. The van der Waals surface area contributed by atoms with Crippen molar-refractivity contribution in [2.75, 3.05) is 0 Å². The average Bonchev–Trinajstić information content (AvgIpc) is 2.31.